The molecule has 3 nitrogen and oxygen atoms in total. The van der Waals surface area contributed by atoms with Crippen molar-refractivity contribution >= 4 is 5.78 Å². The summed E-state index contributed by atoms with van der Waals surface area (Å²) in [5, 5.41) is 4.26. The van der Waals surface area contributed by atoms with E-state index in [2.05, 4.69) is 5.10 Å². The standard InChI is InChI=1S/C11H16N2O/c1-9(14)10-7-12-13(8-10)11-5-3-2-4-6-11/h7-8,11H,2-6H2,1H3. The fourth-order valence-corrected chi connectivity index (χ4v) is 2.07. The van der Waals surface area contributed by atoms with E-state index in [0.717, 1.165) is 5.56 Å². The van der Waals surface area contributed by atoms with Gasteiger partial charge in [-0.1, -0.05) is 19.3 Å². The van der Waals surface area contributed by atoms with Crippen molar-refractivity contribution in [3.8, 4) is 0 Å². The number of ketones is 1. The van der Waals surface area contributed by atoms with Gasteiger partial charge in [0.2, 0.25) is 0 Å². The summed E-state index contributed by atoms with van der Waals surface area (Å²) >= 11 is 0. The summed E-state index contributed by atoms with van der Waals surface area (Å²) in [6.07, 6.45) is 9.91. The molecule has 0 amide bonds. The van der Waals surface area contributed by atoms with Gasteiger partial charge >= 0.3 is 0 Å². The van der Waals surface area contributed by atoms with Gasteiger partial charge in [-0.3, -0.25) is 9.48 Å². The van der Waals surface area contributed by atoms with Crippen LogP contribution in [0.25, 0.3) is 0 Å². The van der Waals surface area contributed by atoms with Crippen LogP contribution in [0.15, 0.2) is 12.4 Å². The van der Waals surface area contributed by atoms with E-state index in [9.17, 15) is 4.79 Å². The Morgan fingerprint density at radius 3 is 2.71 bits per heavy atom. The highest BCUT2D eigenvalue weighted by Gasteiger charge is 2.16. The molecule has 0 atom stereocenters. The molecule has 1 aliphatic carbocycles. The zero-order valence-electron chi connectivity index (χ0n) is 8.57. The van der Waals surface area contributed by atoms with Gasteiger partial charge in [0.15, 0.2) is 5.78 Å². The third kappa shape index (κ3) is 1.86. The number of aromatic nitrogens is 2. The first-order valence-corrected chi connectivity index (χ1v) is 5.32. The van der Waals surface area contributed by atoms with E-state index in [1.165, 1.54) is 32.1 Å². The highest BCUT2D eigenvalue weighted by molar-refractivity contribution is 5.93. The fraction of sp³-hybridized carbons (Fsp3) is 0.636. The Morgan fingerprint density at radius 1 is 1.43 bits per heavy atom. The number of carbonyl (C=O) groups excluding carboxylic acids is 1. The quantitative estimate of drug-likeness (QED) is 0.675. The van der Waals surface area contributed by atoms with E-state index < -0.39 is 0 Å². The van der Waals surface area contributed by atoms with E-state index >= 15 is 0 Å². The maximum atomic E-state index is 11.1. The lowest BCUT2D eigenvalue weighted by Crippen LogP contribution is -2.13. The Morgan fingerprint density at radius 2 is 2.14 bits per heavy atom. The first-order chi connectivity index (χ1) is 6.77. The summed E-state index contributed by atoms with van der Waals surface area (Å²) in [7, 11) is 0. The molecular weight excluding hydrogens is 176 g/mol. The first kappa shape index (κ1) is 9.44. The van der Waals surface area contributed by atoms with Gasteiger partial charge in [-0.2, -0.15) is 5.10 Å². The van der Waals surface area contributed by atoms with Crippen LogP contribution in [0.1, 0.15) is 55.4 Å². The number of rotatable bonds is 2. The van der Waals surface area contributed by atoms with Crippen LogP contribution in [-0.2, 0) is 0 Å². The second kappa shape index (κ2) is 3.95. The molecule has 0 radical (unpaired) electrons. The predicted molar refractivity (Wildman–Crippen MR) is 54.4 cm³/mol. The molecule has 1 heterocycles. The Hall–Kier alpha value is -1.12. The van der Waals surface area contributed by atoms with E-state index in [0.29, 0.717) is 6.04 Å². The van der Waals surface area contributed by atoms with Crippen molar-refractivity contribution in [3.63, 3.8) is 0 Å². The van der Waals surface area contributed by atoms with Gasteiger partial charge in [-0.05, 0) is 19.8 Å². The Labute approximate surface area is 84.1 Å². The molecule has 0 N–H and O–H groups in total. The van der Waals surface area contributed by atoms with Crippen molar-refractivity contribution < 1.29 is 4.79 Å². The zero-order chi connectivity index (χ0) is 9.97. The van der Waals surface area contributed by atoms with Gasteiger partial charge in [0.1, 0.15) is 0 Å². The van der Waals surface area contributed by atoms with Crippen LogP contribution >= 0.6 is 0 Å². The highest BCUT2D eigenvalue weighted by atomic mass is 16.1. The third-order valence-electron chi connectivity index (χ3n) is 2.96. The molecule has 0 aliphatic heterocycles. The Kier molecular flexibility index (Phi) is 2.66. The van der Waals surface area contributed by atoms with Gasteiger partial charge < -0.3 is 0 Å². The molecule has 0 unspecified atom stereocenters. The maximum absolute atomic E-state index is 11.1. The lowest BCUT2D eigenvalue weighted by molar-refractivity contribution is 0.101. The van der Waals surface area contributed by atoms with Crippen LogP contribution in [0.4, 0.5) is 0 Å². The lowest BCUT2D eigenvalue weighted by Gasteiger charge is -2.21. The molecule has 1 aromatic rings. The molecule has 0 bridgehead atoms. The van der Waals surface area contributed by atoms with Gasteiger partial charge in [0.25, 0.3) is 0 Å². The normalized spacial score (nSPS) is 18.4. The maximum Gasteiger partial charge on any atom is 0.162 e. The van der Waals surface area contributed by atoms with Crippen LogP contribution in [0.3, 0.4) is 0 Å². The van der Waals surface area contributed by atoms with E-state index in [4.69, 9.17) is 0 Å². The van der Waals surface area contributed by atoms with Crippen LogP contribution in [-0.4, -0.2) is 15.6 Å². The smallest absolute Gasteiger partial charge is 0.162 e. The minimum Gasteiger partial charge on any atom is -0.294 e. The highest BCUT2D eigenvalue weighted by Crippen LogP contribution is 2.27. The number of hydrogen-bond donors (Lipinski definition) is 0. The van der Waals surface area contributed by atoms with Gasteiger partial charge in [-0.15, -0.1) is 0 Å². The largest absolute Gasteiger partial charge is 0.294 e. The molecule has 76 valence electrons. The summed E-state index contributed by atoms with van der Waals surface area (Å²) in [5.74, 6) is 0.104. The van der Waals surface area contributed by atoms with Crippen LogP contribution in [0.5, 0.6) is 0 Å². The second-order valence-electron chi connectivity index (χ2n) is 4.06. The summed E-state index contributed by atoms with van der Waals surface area (Å²) in [5.41, 5.74) is 0.732. The molecule has 0 aromatic carbocycles. The average molecular weight is 192 g/mol. The molecule has 0 saturated heterocycles. The number of hydrogen-bond acceptors (Lipinski definition) is 2. The van der Waals surface area contributed by atoms with Crippen molar-refractivity contribution in [3.05, 3.63) is 18.0 Å². The van der Waals surface area contributed by atoms with E-state index in [1.807, 2.05) is 10.9 Å². The molecule has 0 spiro atoms. The minimum atomic E-state index is 0.104. The molecular formula is C11H16N2O. The first-order valence-electron chi connectivity index (χ1n) is 5.32. The van der Waals surface area contributed by atoms with Crippen molar-refractivity contribution in [1.29, 1.82) is 0 Å². The van der Waals surface area contributed by atoms with E-state index in [-0.39, 0.29) is 5.78 Å². The van der Waals surface area contributed by atoms with Crippen LogP contribution in [0, 0.1) is 0 Å². The van der Waals surface area contributed by atoms with Gasteiger partial charge in [0.05, 0.1) is 17.8 Å². The monoisotopic (exact) mass is 192 g/mol. The molecule has 1 aromatic heterocycles. The summed E-state index contributed by atoms with van der Waals surface area (Å²) < 4.78 is 1.97. The molecule has 3 heteroatoms. The SMILES string of the molecule is CC(=O)c1cnn(C2CCCCC2)c1. The van der Waals surface area contributed by atoms with Crippen molar-refractivity contribution in [1.82, 2.24) is 9.78 Å². The van der Waals surface area contributed by atoms with Crippen LogP contribution < -0.4 is 0 Å². The molecule has 1 aliphatic rings. The molecule has 1 fully saturated rings. The molecule has 2 rings (SSSR count). The topological polar surface area (TPSA) is 34.9 Å². The number of nitrogens with zero attached hydrogens (tertiary/aromatic N) is 2. The average Bonchev–Trinajstić information content (AvgIpc) is 2.68. The Balaban J connectivity index is 2.11. The summed E-state index contributed by atoms with van der Waals surface area (Å²) in [6.45, 7) is 1.59. The molecule has 14 heavy (non-hydrogen) atoms. The summed E-state index contributed by atoms with van der Waals surface area (Å²) in [6, 6.07) is 0.525. The fourth-order valence-electron chi connectivity index (χ4n) is 2.07. The zero-order valence-corrected chi connectivity index (χ0v) is 8.57. The van der Waals surface area contributed by atoms with Crippen molar-refractivity contribution in [2.24, 2.45) is 0 Å². The molecule has 1 saturated carbocycles. The summed E-state index contributed by atoms with van der Waals surface area (Å²) in [4.78, 5) is 11.1. The van der Waals surface area contributed by atoms with Gasteiger partial charge in [-0.25, -0.2) is 0 Å². The third-order valence-corrected chi connectivity index (χ3v) is 2.96. The van der Waals surface area contributed by atoms with Crippen LogP contribution in [0.2, 0.25) is 0 Å². The predicted octanol–water partition coefficient (Wildman–Crippen LogP) is 2.59. The van der Waals surface area contributed by atoms with E-state index in [1.54, 1.807) is 13.1 Å². The number of Topliss-reactive ketones (excluding diaryl/α,β-unsaturated/α-hetero) is 1. The van der Waals surface area contributed by atoms with Gasteiger partial charge in [0, 0.05) is 6.20 Å². The number of carbonyl (C=O) groups is 1. The second-order valence-corrected chi connectivity index (χ2v) is 4.06. The minimum absolute atomic E-state index is 0.104. The van der Waals surface area contributed by atoms with Crippen molar-refractivity contribution in [2.75, 3.05) is 0 Å². The Bertz CT molecular complexity index is 324. The van der Waals surface area contributed by atoms with Crippen molar-refractivity contribution in [2.45, 2.75) is 45.1 Å². The lowest BCUT2D eigenvalue weighted by atomic mass is 9.96.